The molecule has 184 valence electrons. The Kier molecular flexibility index (Phi) is 6.96. The lowest BCUT2D eigenvalue weighted by Crippen LogP contribution is -2.41. The van der Waals surface area contributed by atoms with Gasteiger partial charge in [0.1, 0.15) is 24.4 Å². The SMILES string of the molecule is C=CC(=O)N1CCC(Oc2cc3c(Nc4cccc(C#N)c4)ncnc3cc2O[C@H]2CCOC2)CC1. The van der Waals surface area contributed by atoms with Crippen LogP contribution in [0.2, 0.25) is 0 Å². The van der Waals surface area contributed by atoms with Crippen LogP contribution in [0.25, 0.3) is 10.9 Å². The lowest BCUT2D eigenvalue weighted by atomic mass is 10.1. The van der Waals surface area contributed by atoms with Gasteiger partial charge in [-0.15, -0.1) is 0 Å². The average molecular weight is 486 g/mol. The number of carbonyl (C=O) groups is 1. The van der Waals surface area contributed by atoms with Crippen LogP contribution in [0.4, 0.5) is 11.5 Å². The largest absolute Gasteiger partial charge is 0.486 e. The highest BCUT2D eigenvalue weighted by Crippen LogP contribution is 2.37. The summed E-state index contributed by atoms with van der Waals surface area (Å²) in [4.78, 5) is 22.6. The normalized spacial score (nSPS) is 18.0. The van der Waals surface area contributed by atoms with Gasteiger partial charge in [0.05, 0.1) is 30.4 Å². The Morgan fingerprint density at radius 1 is 1.14 bits per heavy atom. The van der Waals surface area contributed by atoms with Crippen molar-refractivity contribution >= 4 is 28.3 Å². The maximum atomic E-state index is 12.0. The van der Waals surface area contributed by atoms with Crippen molar-refractivity contribution in [2.75, 3.05) is 31.6 Å². The fourth-order valence-electron chi connectivity index (χ4n) is 4.44. The first-order valence-electron chi connectivity index (χ1n) is 12.0. The number of carbonyl (C=O) groups excluding carboxylic acids is 1. The molecule has 0 bridgehead atoms. The van der Waals surface area contributed by atoms with Crippen LogP contribution in [0.3, 0.4) is 0 Å². The van der Waals surface area contributed by atoms with E-state index < -0.39 is 0 Å². The number of hydrogen-bond donors (Lipinski definition) is 1. The predicted octanol–water partition coefficient (Wildman–Crippen LogP) is 3.97. The molecule has 2 saturated heterocycles. The molecule has 2 aliphatic rings. The summed E-state index contributed by atoms with van der Waals surface area (Å²) in [7, 11) is 0. The van der Waals surface area contributed by atoms with Crippen LogP contribution in [0.15, 0.2) is 55.4 Å². The number of nitriles is 1. The summed E-state index contributed by atoms with van der Waals surface area (Å²) in [6.07, 6.45) is 4.96. The summed E-state index contributed by atoms with van der Waals surface area (Å²) in [5, 5.41) is 13.3. The van der Waals surface area contributed by atoms with E-state index in [-0.39, 0.29) is 18.1 Å². The van der Waals surface area contributed by atoms with E-state index in [1.165, 1.54) is 12.4 Å². The van der Waals surface area contributed by atoms with Crippen LogP contribution in [0, 0.1) is 11.3 Å². The number of benzene rings is 2. The third kappa shape index (κ3) is 5.24. The van der Waals surface area contributed by atoms with Gasteiger partial charge in [0, 0.05) is 49.5 Å². The van der Waals surface area contributed by atoms with Crippen LogP contribution in [-0.4, -0.2) is 59.3 Å². The number of aromatic nitrogens is 2. The number of anilines is 2. The second kappa shape index (κ2) is 10.6. The summed E-state index contributed by atoms with van der Waals surface area (Å²) in [5.41, 5.74) is 2.01. The van der Waals surface area contributed by atoms with E-state index in [2.05, 4.69) is 27.9 Å². The minimum atomic E-state index is -0.0631. The quantitative estimate of drug-likeness (QED) is 0.501. The topological polar surface area (TPSA) is 110 Å². The molecule has 3 aromatic rings. The molecule has 2 aromatic carbocycles. The number of fused-ring (bicyclic) bond motifs is 1. The number of amides is 1. The molecular weight excluding hydrogens is 458 g/mol. The maximum absolute atomic E-state index is 12.0. The molecule has 0 saturated carbocycles. The Hall–Kier alpha value is -4.16. The van der Waals surface area contributed by atoms with Crippen molar-refractivity contribution in [3.05, 3.63) is 60.9 Å². The first-order chi connectivity index (χ1) is 17.6. The Morgan fingerprint density at radius 2 is 1.94 bits per heavy atom. The summed E-state index contributed by atoms with van der Waals surface area (Å²) < 4.78 is 18.2. The zero-order valence-corrected chi connectivity index (χ0v) is 19.9. The number of hydrogen-bond acceptors (Lipinski definition) is 8. The molecule has 9 nitrogen and oxygen atoms in total. The number of rotatable bonds is 7. The van der Waals surface area contributed by atoms with Gasteiger partial charge < -0.3 is 24.4 Å². The van der Waals surface area contributed by atoms with Crippen molar-refractivity contribution in [2.45, 2.75) is 31.5 Å². The molecule has 2 aliphatic heterocycles. The van der Waals surface area contributed by atoms with Crippen molar-refractivity contribution in [1.29, 1.82) is 5.26 Å². The molecule has 36 heavy (non-hydrogen) atoms. The first-order valence-corrected chi connectivity index (χ1v) is 12.0. The van der Waals surface area contributed by atoms with Crippen LogP contribution in [0.5, 0.6) is 11.5 Å². The highest BCUT2D eigenvalue weighted by atomic mass is 16.6. The van der Waals surface area contributed by atoms with Crippen molar-refractivity contribution in [2.24, 2.45) is 0 Å². The smallest absolute Gasteiger partial charge is 0.245 e. The molecule has 0 spiro atoms. The van der Waals surface area contributed by atoms with Crippen molar-refractivity contribution < 1.29 is 19.0 Å². The Labute approximate surface area is 209 Å². The summed E-state index contributed by atoms with van der Waals surface area (Å²) in [5.74, 6) is 1.75. The third-order valence-corrected chi connectivity index (χ3v) is 6.36. The van der Waals surface area contributed by atoms with Gasteiger partial charge in [0.2, 0.25) is 5.91 Å². The van der Waals surface area contributed by atoms with E-state index in [1.807, 2.05) is 24.3 Å². The molecule has 1 N–H and O–H groups in total. The third-order valence-electron chi connectivity index (χ3n) is 6.36. The van der Waals surface area contributed by atoms with E-state index in [4.69, 9.17) is 14.2 Å². The molecular formula is C27H27N5O4. The van der Waals surface area contributed by atoms with E-state index in [0.29, 0.717) is 67.5 Å². The number of nitrogens with zero attached hydrogens (tertiary/aromatic N) is 4. The lowest BCUT2D eigenvalue weighted by Gasteiger charge is -2.32. The Balaban J connectivity index is 1.45. The number of ether oxygens (including phenoxy) is 3. The Morgan fingerprint density at radius 3 is 2.69 bits per heavy atom. The summed E-state index contributed by atoms with van der Waals surface area (Å²) in [6, 6.07) is 13.1. The molecule has 2 fully saturated rings. The van der Waals surface area contributed by atoms with Crippen LogP contribution in [-0.2, 0) is 9.53 Å². The highest BCUT2D eigenvalue weighted by molar-refractivity contribution is 5.93. The molecule has 3 heterocycles. The van der Waals surface area contributed by atoms with Gasteiger partial charge >= 0.3 is 0 Å². The van der Waals surface area contributed by atoms with E-state index in [0.717, 1.165) is 17.5 Å². The van der Waals surface area contributed by atoms with Crippen LogP contribution >= 0.6 is 0 Å². The second-order valence-corrected chi connectivity index (χ2v) is 8.81. The number of piperidine rings is 1. The van der Waals surface area contributed by atoms with Gasteiger partial charge in [0.25, 0.3) is 0 Å². The van der Waals surface area contributed by atoms with Crippen molar-refractivity contribution in [3.63, 3.8) is 0 Å². The average Bonchev–Trinajstić information content (AvgIpc) is 3.42. The van der Waals surface area contributed by atoms with Gasteiger partial charge in [-0.05, 0) is 30.3 Å². The van der Waals surface area contributed by atoms with Gasteiger partial charge in [-0.2, -0.15) is 5.26 Å². The van der Waals surface area contributed by atoms with E-state index in [1.54, 1.807) is 17.0 Å². The van der Waals surface area contributed by atoms with E-state index in [9.17, 15) is 10.1 Å². The minimum Gasteiger partial charge on any atom is -0.486 e. The summed E-state index contributed by atoms with van der Waals surface area (Å²) >= 11 is 0. The molecule has 0 unspecified atom stereocenters. The Bertz CT molecular complexity index is 1310. The lowest BCUT2D eigenvalue weighted by molar-refractivity contribution is -0.127. The zero-order valence-electron chi connectivity index (χ0n) is 19.9. The fraction of sp³-hybridized carbons (Fsp3) is 0.333. The number of nitrogens with one attached hydrogen (secondary N) is 1. The zero-order chi connectivity index (χ0) is 24.9. The van der Waals surface area contributed by atoms with Crippen LogP contribution < -0.4 is 14.8 Å². The molecule has 1 aromatic heterocycles. The predicted molar refractivity (Wildman–Crippen MR) is 134 cm³/mol. The van der Waals surface area contributed by atoms with Crippen molar-refractivity contribution in [3.8, 4) is 17.6 Å². The standard InChI is InChI=1S/C27H27N5O4/c1-2-26(33)32-9-6-20(7-10-32)35-24-13-22-23(14-25(24)36-21-8-11-34-16-21)29-17-30-27(22)31-19-5-3-4-18(12-19)15-28/h2-5,12-14,17,20-21H,1,6-11,16H2,(H,29,30,31)/t21-/m0/s1. The molecule has 0 radical (unpaired) electrons. The van der Waals surface area contributed by atoms with E-state index >= 15 is 0 Å². The van der Waals surface area contributed by atoms with Gasteiger partial charge in [0.15, 0.2) is 11.5 Å². The number of likely N-dealkylation sites (tertiary alicyclic amines) is 1. The molecule has 5 rings (SSSR count). The monoisotopic (exact) mass is 485 g/mol. The minimum absolute atomic E-state index is 0.0509. The van der Waals surface area contributed by atoms with Crippen molar-refractivity contribution in [1.82, 2.24) is 14.9 Å². The highest BCUT2D eigenvalue weighted by Gasteiger charge is 2.26. The summed E-state index contributed by atoms with van der Waals surface area (Å²) in [6.45, 7) is 6.00. The fourth-order valence-corrected chi connectivity index (χ4v) is 4.44. The molecule has 9 heteroatoms. The molecule has 1 amide bonds. The maximum Gasteiger partial charge on any atom is 0.245 e. The molecule has 0 aliphatic carbocycles. The van der Waals surface area contributed by atoms with Gasteiger partial charge in [-0.1, -0.05) is 12.6 Å². The van der Waals surface area contributed by atoms with Crippen LogP contribution in [0.1, 0.15) is 24.8 Å². The molecule has 1 atom stereocenters. The second-order valence-electron chi connectivity index (χ2n) is 8.81. The van der Waals surface area contributed by atoms with Gasteiger partial charge in [-0.3, -0.25) is 4.79 Å². The first kappa shape index (κ1) is 23.6. The van der Waals surface area contributed by atoms with Gasteiger partial charge in [-0.25, -0.2) is 9.97 Å².